The maximum atomic E-state index is 16.1. The quantitative estimate of drug-likeness (QED) is 0.156. The molecule has 10 heteroatoms. The summed E-state index contributed by atoms with van der Waals surface area (Å²) in [5.74, 6) is -2.09. The molecule has 42 heavy (non-hydrogen) atoms. The van der Waals surface area contributed by atoms with Crippen LogP contribution in [0, 0.1) is 5.92 Å². The summed E-state index contributed by atoms with van der Waals surface area (Å²) in [4.78, 5) is 7.33. The summed E-state index contributed by atoms with van der Waals surface area (Å²) < 4.78 is 59.1. The summed E-state index contributed by atoms with van der Waals surface area (Å²) in [5.41, 5.74) is 0.803. The molecule has 0 aromatic heterocycles. The first-order valence-corrected chi connectivity index (χ1v) is 14.3. The molecular formula is C32H23Cl3F4N2O. The predicted octanol–water partition coefficient (Wildman–Crippen LogP) is 9.57. The van der Waals surface area contributed by atoms with Gasteiger partial charge in [-0.15, -0.1) is 0 Å². The van der Waals surface area contributed by atoms with E-state index in [0.717, 1.165) is 11.1 Å². The minimum atomic E-state index is -4.70. The Morgan fingerprint density at radius 1 is 0.810 bits per heavy atom. The Kier molecular flexibility index (Phi) is 7.73. The summed E-state index contributed by atoms with van der Waals surface area (Å²) in [6.45, 7) is 0.270. The highest BCUT2D eigenvalue weighted by Crippen LogP contribution is 2.47. The molecule has 0 spiro atoms. The van der Waals surface area contributed by atoms with E-state index in [9.17, 15) is 13.2 Å². The van der Waals surface area contributed by atoms with E-state index >= 15 is 4.39 Å². The number of oxime groups is 1. The van der Waals surface area contributed by atoms with E-state index in [2.05, 4.69) is 10.1 Å². The Morgan fingerprint density at radius 3 is 1.83 bits per heavy atom. The molecule has 2 aliphatic rings. The molecule has 2 atom stereocenters. The van der Waals surface area contributed by atoms with Crippen LogP contribution >= 0.6 is 34.8 Å². The number of nitrogens with zero attached hydrogens (tertiary/aromatic N) is 2. The third-order valence-electron chi connectivity index (χ3n) is 7.75. The molecule has 0 aliphatic carbocycles. The van der Waals surface area contributed by atoms with Gasteiger partial charge in [-0.2, -0.15) is 13.2 Å². The van der Waals surface area contributed by atoms with Crippen LogP contribution in [0.1, 0.15) is 40.0 Å². The second-order valence-corrected chi connectivity index (χ2v) is 11.7. The highest BCUT2D eigenvalue weighted by atomic mass is 35.5. The van der Waals surface area contributed by atoms with Crippen LogP contribution in [-0.4, -0.2) is 29.9 Å². The van der Waals surface area contributed by atoms with Crippen molar-refractivity contribution < 1.29 is 22.4 Å². The molecule has 3 nitrogen and oxygen atoms in total. The van der Waals surface area contributed by atoms with Crippen LogP contribution in [0.5, 0.6) is 0 Å². The molecule has 1 unspecified atom stereocenters. The lowest BCUT2D eigenvalue weighted by Crippen LogP contribution is -2.57. The Bertz CT molecular complexity index is 1550. The molecule has 1 fully saturated rings. The van der Waals surface area contributed by atoms with Crippen molar-refractivity contribution in [2.24, 2.45) is 11.1 Å². The lowest BCUT2D eigenvalue weighted by molar-refractivity contribution is -0.177. The SMILES string of the molecule is FC1(c2ccc(C3=NOC(c4cc(Cl)c(Cl)c(Cl)c4)[C@@H]3C(F)(F)F)cc2)CN(C(c2ccccc2)c2ccccc2)C1. The second kappa shape index (κ2) is 11.2. The van der Waals surface area contributed by atoms with Crippen molar-refractivity contribution in [3.63, 3.8) is 0 Å². The molecule has 0 bridgehead atoms. The summed E-state index contributed by atoms with van der Waals surface area (Å²) in [7, 11) is 0. The van der Waals surface area contributed by atoms with Crippen molar-refractivity contribution in [3.8, 4) is 0 Å². The van der Waals surface area contributed by atoms with Crippen LogP contribution in [-0.2, 0) is 10.5 Å². The number of alkyl halides is 4. The Balaban J connectivity index is 1.23. The van der Waals surface area contributed by atoms with Gasteiger partial charge in [-0.05, 0) is 34.4 Å². The number of hydrogen-bond acceptors (Lipinski definition) is 3. The molecule has 4 aromatic carbocycles. The van der Waals surface area contributed by atoms with E-state index in [-0.39, 0.29) is 51.0 Å². The highest BCUT2D eigenvalue weighted by molar-refractivity contribution is 6.48. The molecule has 1 saturated heterocycles. The van der Waals surface area contributed by atoms with E-state index in [1.54, 1.807) is 0 Å². The fourth-order valence-electron chi connectivity index (χ4n) is 5.71. The van der Waals surface area contributed by atoms with Gasteiger partial charge in [0, 0.05) is 18.7 Å². The third-order valence-corrected chi connectivity index (χ3v) is 8.95. The van der Waals surface area contributed by atoms with Crippen LogP contribution < -0.4 is 0 Å². The minimum Gasteiger partial charge on any atom is -0.386 e. The van der Waals surface area contributed by atoms with Gasteiger partial charge >= 0.3 is 6.18 Å². The van der Waals surface area contributed by atoms with Gasteiger partial charge in [-0.1, -0.05) is 125 Å². The van der Waals surface area contributed by atoms with Crippen molar-refractivity contribution >= 4 is 40.5 Å². The van der Waals surface area contributed by atoms with E-state index in [1.165, 1.54) is 36.4 Å². The molecular weight excluding hydrogens is 611 g/mol. The van der Waals surface area contributed by atoms with Crippen molar-refractivity contribution in [2.75, 3.05) is 13.1 Å². The van der Waals surface area contributed by atoms with Crippen LogP contribution in [0.15, 0.2) is 102 Å². The van der Waals surface area contributed by atoms with Gasteiger partial charge in [-0.25, -0.2) is 4.39 Å². The normalized spacial score (nSPS) is 20.2. The van der Waals surface area contributed by atoms with Gasteiger partial charge < -0.3 is 4.84 Å². The summed E-state index contributed by atoms with van der Waals surface area (Å²) >= 11 is 18.1. The average Bonchev–Trinajstić information content (AvgIpc) is 3.42. The topological polar surface area (TPSA) is 24.8 Å². The van der Waals surface area contributed by atoms with Gasteiger partial charge in [0.1, 0.15) is 11.6 Å². The number of hydrogen-bond donors (Lipinski definition) is 0. The molecule has 216 valence electrons. The predicted molar refractivity (Wildman–Crippen MR) is 157 cm³/mol. The van der Waals surface area contributed by atoms with Crippen LogP contribution in [0.3, 0.4) is 0 Å². The number of benzene rings is 4. The summed E-state index contributed by atoms with van der Waals surface area (Å²) in [6, 6.07) is 28.2. The fraction of sp³-hybridized carbons (Fsp3) is 0.219. The van der Waals surface area contributed by atoms with Crippen molar-refractivity contribution in [1.29, 1.82) is 0 Å². The standard InChI is InChI=1S/C32H23Cl3F4N2O/c33-24-15-22(16-25(34)27(24)35)30-26(32(37,38)39)28(40-42-30)19-11-13-23(14-12-19)31(36)17-41(18-31)29(20-7-3-1-4-8-20)21-9-5-2-6-10-21/h1-16,26,29-30H,17-18H2/t26-,30?/m1/s1. The van der Waals surface area contributed by atoms with E-state index in [1.807, 2.05) is 60.7 Å². The van der Waals surface area contributed by atoms with Crippen molar-refractivity contribution in [2.45, 2.75) is 24.0 Å². The Morgan fingerprint density at radius 2 is 1.33 bits per heavy atom. The average molecular weight is 634 g/mol. The fourth-order valence-corrected chi connectivity index (χ4v) is 6.33. The minimum absolute atomic E-state index is 0.00560. The van der Waals surface area contributed by atoms with Gasteiger partial charge in [0.25, 0.3) is 0 Å². The third kappa shape index (κ3) is 5.39. The molecule has 0 amide bonds. The maximum absolute atomic E-state index is 16.1. The van der Waals surface area contributed by atoms with E-state index < -0.39 is 23.9 Å². The maximum Gasteiger partial charge on any atom is 0.401 e. The Hall–Kier alpha value is -3.10. The lowest BCUT2D eigenvalue weighted by Gasteiger charge is -2.49. The molecule has 0 radical (unpaired) electrons. The van der Waals surface area contributed by atoms with Crippen LogP contribution in [0.2, 0.25) is 15.1 Å². The zero-order valence-electron chi connectivity index (χ0n) is 21.8. The molecule has 2 heterocycles. The molecule has 6 rings (SSSR count). The molecule has 2 aliphatic heterocycles. The first-order valence-electron chi connectivity index (χ1n) is 13.1. The number of rotatable bonds is 6. The largest absolute Gasteiger partial charge is 0.401 e. The van der Waals surface area contributed by atoms with E-state index in [4.69, 9.17) is 39.6 Å². The van der Waals surface area contributed by atoms with Crippen LogP contribution in [0.25, 0.3) is 0 Å². The Labute approximate surface area is 255 Å². The first kappa shape index (κ1) is 29.0. The van der Waals surface area contributed by atoms with Gasteiger partial charge in [0.05, 0.1) is 21.1 Å². The molecule has 0 N–H and O–H groups in total. The van der Waals surface area contributed by atoms with Crippen molar-refractivity contribution in [1.82, 2.24) is 4.90 Å². The van der Waals surface area contributed by atoms with Gasteiger partial charge in [-0.3, -0.25) is 4.90 Å². The zero-order valence-corrected chi connectivity index (χ0v) is 24.1. The number of likely N-dealkylation sites (tertiary alicyclic amines) is 1. The zero-order chi connectivity index (χ0) is 29.6. The van der Waals surface area contributed by atoms with Crippen LogP contribution in [0.4, 0.5) is 17.6 Å². The monoisotopic (exact) mass is 632 g/mol. The van der Waals surface area contributed by atoms with Gasteiger partial charge in [0.2, 0.25) is 0 Å². The summed E-state index contributed by atoms with van der Waals surface area (Å²) in [6.07, 6.45) is -6.20. The number of halogens is 7. The summed E-state index contributed by atoms with van der Waals surface area (Å²) in [5, 5.41) is 3.84. The smallest absolute Gasteiger partial charge is 0.386 e. The molecule has 4 aromatic rings. The highest BCUT2D eigenvalue weighted by Gasteiger charge is 2.54. The lowest BCUT2D eigenvalue weighted by atomic mass is 9.82. The van der Waals surface area contributed by atoms with Gasteiger partial charge in [0.15, 0.2) is 11.8 Å². The van der Waals surface area contributed by atoms with E-state index in [0.29, 0.717) is 5.56 Å². The van der Waals surface area contributed by atoms with Crippen molar-refractivity contribution in [3.05, 3.63) is 140 Å². The molecule has 0 saturated carbocycles. The second-order valence-electron chi connectivity index (χ2n) is 10.5. The first-order chi connectivity index (χ1) is 20.0.